The first-order valence-corrected chi connectivity index (χ1v) is 8.37. The third-order valence-electron chi connectivity index (χ3n) is 4.20. The zero-order valence-electron chi connectivity index (χ0n) is 14.6. The largest absolute Gasteiger partial charge is 0.395 e. The molecular weight excluding hydrogens is 346 g/mol. The fourth-order valence-electron chi connectivity index (χ4n) is 2.79. The average Bonchev–Trinajstić information content (AvgIpc) is 3.19. The minimum absolute atomic E-state index is 0.0715. The molecule has 2 heterocycles. The lowest BCUT2D eigenvalue weighted by molar-refractivity contribution is 0.0767. The van der Waals surface area contributed by atoms with Gasteiger partial charge in [-0.05, 0) is 46.8 Å². The molecule has 9 nitrogen and oxygen atoms in total. The lowest BCUT2D eigenvalue weighted by Crippen LogP contribution is -2.29. The zero-order chi connectivity index (χ0) is 18.8. The van der Waals surface area contributed by atoms with Crippen molar-refractivity contribution in [3.63, 3.8) is 0 Å². The number of fused-ring (bicyclic) bond motifs is 3. The fourth-order valence-corrected chi connectivity index (χ4v) is 2.79. The van der Waals surface area contributed by atoms with Crippen LogP contribution in [0.4, 0.5) is 11.5 Å². The summed E-state index contributed by atoms with van der Waals surface area (Å²) in [4.78, 5) is 18.3. The summed E-state index contributed by atoms with van der Waals surface area (Å²) >= 11 is 0. The van der Waals surface area contributed by atoms with Gasteiger partial charge in [0.25, 0.3) is 5.91 Å². The second-order valence-corrected chi connectivity index (χ2v) is 6.02. The summed E-state index contributed by atoms with van der Waals surface area (Å²) in [7, 11) is 1.65. The van der Waals surface area contributed by atoms with Crippen molar-refractivity contribution in [3.8, 4) is 0 Å². The highest BCUT2D eigenvalue weighted by molar-refractivity contribution is 5.94. The Bertz CT molecular complexity index is 1110. The van der Waals surface area contributed by atoms with E-state index in [1.54, 1.807) is 35.8 Å². The molecule has 136 valence electrons. The lowest BCUT2D eigenvalue weighted by atomic mass is 10.2. The number of hydrogen-bond donors (Lipinski definition) is 2. The number of hydrogen-bond acceptors (Lipinski definition) is 7. The van der Waals surface area contributed by atoms with Crippen molar-refractivity contribution in [1.29, 1.82) is 0 Å². The van der Waals surface area contributed by atoms with E-state index in [0.29, 0.717) is 17.0 Å². The average molecular weight is 363 g/mol. The van der Waals surface area contributed by atoms with Crippen molar-refractivity contribution in [1.82, 2.24) is 29.9 Å². The number of para-hydroxylation sites is 2. The van der Waals surface area contributed by atoms with Gasteiger partial charge in [0.1, 0.15) is 0 Å². The Balaban J connectivity index is 1.64. The van der Waals surface area contributed by atoms with E-state index in [9.17, 15) is 4.79 Å². The Kier molecular flexibility index (Phi) is 4.35. The highest BCUT2D eigenvalue weighted by Crippen LogP contribution is 2.22. The number of tetrazole rings is 1. The summed E-state index contributed by atoms with van der Waals surface area (Å²) < 4.78 is 1.63. The van der Waals surface area contributed by atoms with E-state index in [1.165, 1.54) is 4.90 Å². The normalized spacial score (nSPS) is 11.0. The summed E-state index contributed by atoms with van der Waals surface area (Å²) in [5.74, 6) is 0.374. The molecule has 0 fully saturated rings. The number of nitrogens with zero attached hydrogens (tertiary/aromatic N) is 6. The molecular formula is C18H17N7O2. The van der Waals surface area contributed by atoms with Gasteiger partial charge in [-0.2, -0.15) is 4.52 Å². The Hall–Kier alpha value is -3.59. The summed E-state index contributed by atoms with van der Waals surface area (Å²) in [5, 5.41) is 24.0. The van der Waals surface area contributed by atoms with Crippen LogP contribution in [0, 0.1) is 0 Å². The molecule has 1 amide bonds. The van der Waals surface area contributed by atoms with Crippen LogP contribution in [0.3, 0.4) is 0 Å². The maximum atomic E-state index is 12.2. The number of rotatable bonds is 5. The Morgan fingerprint density at radius 1 is 1.19 bits per heavy atom. The van der Waals surface area contributed by atoms with E-state index >= 15 is 0 Å². The van der Waals surface area contributed by atoms with Crippen molar-refractivity contribution < 1.29 is 9.90 Å². The molecule has 2 aromatic heterocycles. The van der Waals surface area contributed by atoms with Crippen molar-refractivity contribution in [2.24, 2.45) is 0 Å². The number of carbonyl (C=O) groups is 1. The van der Waals surface area contributed by atoms with Crippen molar-refractivity contribution >= 4 is 34.1 Å². The minimum Gasteiger partial charge on any atom is -0.395 e. The van der Waals surface area contributed by atoms with Crippen LogP contribution in [-0.2, 0) is 0 Å². The Morgan fingerprint density at radius 3 is 2.74 bits per heavy atom. The molecule has 27 heavy (non-hydrogen) atoms. The molecule has 0 aliphatic carbocycles. The maximum absolute atomic E-state index is 12.2. The molecule has 0 radical (unpaired) electrons. The molecule has 9 heteroatoms. The van der Waals surface area contributed by atoms with Crippen LogP contribution in [0.2, 0.25) is 0 Å². The van der Waals surface area contributed by atoms with Crippen molar-refractivity contribution in [2.45, 2.75) is 0 Å². The predicted molar refractivity (Wildman–Crippen MR) is 99.9 cm³/mol. The Morgan fingerprint density at radius 2 is 1.96 bits per heavy atom. The Labute approximate surface area is 154 Å². The van der Waals surface area contributed by atoms with Gasteiger partial charge < -0.3 is 15.3 Å². The third-order valence-corrected chi connectivity index (χ3v) is 4.20. The van der Waals surface area contributed by atoms with Gasteiger partial charge in [-0.1, -0.05) is 12.1 Å². The highest BCUT2D eigenvalue weighted by Gasteiger charge is 2.13. The third kappa shape index (κ3) is 3.15. The van der Waals surface area contributed by atoms with Crippen LogP contribution in [0.15, 0.2) is 48.5 Å². The van der Waals surface area contributed by atoms with Gasteiger partial charge in [0.05, 0.1) is 17.6 Å². The number of anilines is 2. The van der Waals surface area contributed by atoms with Crippen LogP contribution in [0.25, 0.3) is 16.7 Å². The molecule has 4 aromatic rings. The molecule has 0 saturated heterocycles. The number of carbonyl (C=O) groups excluding carboxylic acids is 1. The van der Waals surface area contributed by atoms with E-state index < -0.39 is 0 Å². The van der Waals surface area contributed by atoms with Crippen LogP contribution in [0.1, 0.15) is 10.4 Å². The molecule has 2 N–H and O–H groups in total. The number of nitrogens with one attached hydrogen (secondary N) is 1. The van der Waals surface area contributed by atoms with Gasteiger partial charge in [0.15, 0.2) is 5.82 Å². The molecule has 0 atom stereocenters. The van der Waals surface area contributed by atoms with Crippen molar-refractivity contribution in [2.75, 3.05) is 25.5 Å². The van der Waals surface area contributed by atoms with E-state index in [4.69, 9.17) is 5.11 Å². The standard InChI is InChI=1S/C18H17N7O2/c1-24(10-11-26)18(27)12-6-8-13(9-7-12)19-16-17-21-22-23-25(17)15-5-3-2-4-14(15)20-16/h2-9,26H,10-11H2,1H3,(H,19,20). The number of aromatic nitrogens is 5. The quantitative estimate of drug-likeness (QED) is 0.553. The molecule has 0 aliphatic rings. The van der Waals surface area contributed by atoms with Crippen LogP contribution >= 0.6 is 0 Å². The van der Waals surface area contributed by atoms with Gasteiger partial charge >= 0.3 is 0 Å². The zero-order valence-corrected chi connectivity index (χ0v) is 14.6. The molecule has 0 unspecified atom stereocenters. The molecule has 0 saturated carbocycles. The second-order valence-electron chi connectivity index (χ2n) is 6.02. The smallest absolute Gasteiger partial charge is 0.253 e. The number of amides is 1. The van der Waals surface area contributed by atoms with E-state index in [1.807, 2.05) is 24.3 Å². The topological polar surface area (TPSA) is 109 Å². The number of aliphatic hydroxyl groups is 1. The second kappa shape index (κ2) is 6.96. The van der Waals surface area contributed by atoms with Gasteiger partial charge in [-0.3, -0.25) is 4.79 Å². The fraction of sp³-hybridized carbons (Fsp3) is 0.167. The summed E-state index contributed by atoms with van der Waals surface area (Å²) in [5.41, 5.74) is 3.38. The molecule has 0 bridgehead atoms. The summed E-state index contributed by atoms with van der Waals surface area (Å²) in [6.07, 6.45) is 0. The van der Waals surface area contributed by atoms with Gasteiger partial charge in [0.2, 0.25) is 5.65 Å². The molecule has 0 spiro atoms. The molecule has 0 aliphatic heterocycles. The summed E-state index contributed by atoms with van der Waals surface area (Å²) in [6.45, 7) is 0.218. The van der Waals surface area contributed by atoms with Gasteiger partial charge in [0, 0.05) is 24.8 Å². The predicted octanol–water partition coefficient (Wildman–Crippen LogP) is 1.48. The van der Waals surface area contributed by atoms with E-state index in [-0.39, 0.29) is 19.1 Å². The van der Waals surface area contributed by atoms with Crippen molar-refractivity contribution in [3.05, 3.63) is 54.1 Å². The van der Waals surface area contributed by atoms with Crippen LogP contribution in [-0.4, -0.2) is 61.1 Å². The van der Waals surface area contributed by atoms with Crippen LogP contribution < -0.4 is 5.32 Å². The monoisotopic (exact) mass is 363 g/mol. The SMILES string of the molecule is CN(CCO)C(=O)c1ccc(Nc2nc3ccccc3n3nnnc23)cc1. The summed E-state index contributed by atoms with van der Waals surface area (Å²) in [6, 6.07) is 14.6. The molecule has 4 rings (SSSR count). The number of aliphatic hydroxyl groups excluding tert-OH is 1. The first kappa shape index (κ1) is 16.9. The van der Waals surface area contributed by atoms with E-state index in [2.05, 4.69) is 25.8 Å². The first-order chi connectivity index (χ1) is 13.2. The highest BCUT2D eigenvalue weighted by atomic mass is 16.3. The first-order valence-electron chi connectivity index (χ1n) is 8.37. The lowest BCUT2D eigenvalue weighted by Gasteiger charge is -2.16. The maximum Gasteiger partial charge on any atom is 0.253 e. The van der Waals surface area contributed by atoms with Gasteiger partial charge in [-0.15, -0.1) is 5.10 Å². The van der Waals surface area contributed by atoms with E-state index in [0.717, 1.165) is 16.7 Å². The van der Waals surface area contributed by atoms with Gasteiger partial charge in [-0.25, -0.2) is 4.98 Å². The minimum atomic E-state index is -0.150. The molecule has 2 aromatic carbocycles. The number of likely N-dealkylation sites (N-methyl/N-ethyl adjacent to an activating group) is 1. The van der Waals surface area contributed by atoms with Crippen LogP contribution in [0.5, 0.6) is 0 Å². The number of benzene rings is 2.